The third-order valence-electron chi connectivity index (χ3n) is 3.03. The van der Waals surface area contributed by atoms with E-state index in [0.29, 0.717) is 5.56 Å². The number of nitrogen functional groups attached to an aromatic ring is 1. The molecule has 9 nitrogen and oxygen atoms in total. The summed E-state index contributed by atoms with van der Waals surface area (Å²) in [4.78, 5) is 22.1. The van der Waals surface area contributed by atoms with Crippen molar-refractivity contribution in [1.29, 1.82) is 0 Å². The van der Waals surface area contributed by atoms with Gasteiger partial charge in [0, 0.05) is 23.4 Å². The van der Waals surface area contributed by atoms with Crippen LogP contribution < -0.4 is 15.9 Å². The van der Waals surface area contributed by atoms with Crippen LogP contribution in [0.2, 0.25) is 0 Å². The van der Waals surface area contributed by atoms with E-state index in [4.69, 9.17) is 10.5 Å². The Bertz CT molecular complexity index is 820. The molecule has 0 fully saturated rings. The van der Waals surface area contributed by atoms with Crippen molar-refractivity contribution in [3.8, 4) is 11.5 Å². The Hall–Kier alpha value is -3.62. The predicted octanol–water partition coefficient (Wildman–Crippen LogP) is 1.66. The second kappa shape index (κ2) is 7.09. The van der Waals surface area contributed by atoms with Crippen LogP contribution in [0.4, 0.5) is 11.4 Å². The maximum Gasteiger partial charge on any atom is 0.272 e. The van der Waals surface area contributed by atoms with Gasteiger partial charge in [0.2, 0.25) is 0 Å². The minimum absolute atomic E-state index is 0.00582. The number of phenols is 1. The molecule has 2 aromatic carbocycles. The van der Waals surface area contributed by atoms with Crippen molar-refractivity contribution in [3.05, 3.63) is 57.6 Å². The molecule has 0 aliphatic carbocycles. The van der Waals surface area contributed by atoms with E-state index in [9.17, 15) is 20.0 Å². The lowest BCUT2D eigenvalue weighted by atomic mass is 10.1. The van der Waals surface area contributed by atoms with Gasteiger partial charge in [0.15, 0.2) is 11.5 Å². The average Bonchev–Trinajstić information content (AvgIpc) is 2.55. The fraction of sp³-hybridized carbons (Fsp3) is 0.0667. The van der Waals surface area contributed by atoms with Crippen LogP contribution in [0.15, 0.2) is 41.5 Å². The molecule has 4 N–H and O–H groups in total. The fourth-order valence-corrected chi connectivity index (χ4v) is 1.90. The van der Waals surface area contributed by atoms with Crippen molar-refractivity contribution in [2.45, 2.75) is 0 Å². The van der Waals surface area contributed by atoms with E-state index in [2.05, 4.69) is 10.5 Å². The first-order valence-electron chi connectivity index (χ1n) is 6.66. The van der Waals surface area contributed by atoms with E-state index in [1.807, 2.05) is 0 Å². The number of nitro groups is 1. The maximum absolute atomic E-state index is 12.0. The van der Waals surface area contributed by atoms with E-state index >= 15 is 0 Å². The third-order valence-corrected chi connectivity index (χ3v) is 3.03. The van der Waals surface area contributed by atoms with Crippen LogP contribution in [0, 0.1) is 10.1 Å². The molecule has 0 unspecified atom stereocenters. The number of benzene rings is 2. The van der Waals surface area contributed by atoms with Gasteiger partial charge in [0.1, 0.15) is 0 Å². The number of aromatic hydroxyl groups is 1. The lowest BCUT2D eigenvalue weighted by Crippen LogP contribution is -2.18. The third kappa shape index (κ3) is 3.77. The minimum Gasteiger partial charge on any atom is -0.504 e. The molecule has 0 bridgehead atoms. The Balaban J connectivity index is 2.15. The van der Waals surface area contributed by atoms with Gasteiger partial charge in [-0.1, -0.05) is 6.07 Å². The summed E-state index contributed by atoms with van der Waals surface area (Å²) in [5.74, 6) is -0.543. The van der Waals surface area contributed by atoms with Gasteiger partial charge in [0.05, 0.1) is 23.8 Å². The van der Waals surface area contributed by atoms with Gasteiger partial charge in [-0.05, 0) is 18.2 Å². The molecule has 0 aromatic heterocycles. The summed E-state index contributed by atoms with van der Waals surface area (Å²) in [6.45, 7) is 0. The molecular weight excluding hydrogens is 316 g/mol. The minimum atomic E-state index is -0.677. The first-order chi connectivity index (χ1) is 11.4. The molecule has 0 atom stereocenters. The van der Waals surface area contributed by atoms with E-state index in [0.717, 1.165) is 12.1 Å². The fourth-order valence-electron chi connectivity index (χ4n) is 1.90. The molecule has 0 radical (unpaired) electrons. The van der Waals surface area contributed by atoms with Gasteiger partial charge in [0.25, 0.3) is 11.6 Å². The van der Waals surface area contributed by atoms with Gasteiger partial charge in [-0.3, -0.25) is 14.9 Å². The molecule has 0 heterocycles. The summed E-state index contributed by atoms with van der Waals surface area (Å²) in [5, 5.41) is 24.4. The Kier molecular flexibility index (Phi) is 4.95. The Morgan fingerprint density at radius 3 is 2.83 bits per heavy atom. The molecule has 1 amide bonds. The number of nitrogens with one attached hydrogen (secondary N) is 1. The second-order valence-corrected chi connectivity index (χ2v) is 4.67. The molecular formula is C15H14N4O5. The number of hydrogen-bond acceptors (Lipinski definition) is 7. The lowest BCUT2D eigenvalue weighted by Gasteiger charge is -2.05. The number of anilines is 1. The van der Waals surface area contributed by atoms with Crippen LogP contribution >= 0.6 is 0 Å². The number of para-hydroxylation sites is 1. The Labute approximate surface area is 136 Å². The highest BCUT2D eigenvalue weighted by Crippen LogP contribution is 2.27. The Morgan fingerprint density at radius 1 is 1.42 bits per heavy atom. The number of methoxy groups -OCH3 is 1. The molecule has 0 spiro atoms. The predicted molar refractivity (Wildman–Crippen MR) is 87.2 cm³/mol. The molecule has 0 aliphatic rings. The van der Waals surface area contributed by atoms with Crippen LogP contribution in [0.1, 0.15) is 15.9 Å². The highest BCUT2D eigenvalue weighted by Gasteiger charge is 2.13. The van der Waals surface area contributed by atoms with Gasteiger partial charge in [-0.2, -0.15) is 5.10 Å². The SMILES string of the molecule is COc1cccc(C=NNC(=O)c2cc(N)cc([N+](=O)[O-])c2)c1O. The van der Waals surface area contributed by atoms with Crippen molar-refractivity contribution in [2.24, 2.45) is 5.10 Å². The number of carbonyl (C=O) groups is 1. The van der Waals surface area contributed by atoms with Crippen LogP contribution in [0.25, 0.3) is 0 Å². The highest BCUT2D eigenvalue weighted by molar-refractivity contribution is 5.96. The number of nitrogens with two attached hydrogens (primary N) is 1. The first kappa shape index (κ1) is 16.7. The molecule has 0 aliphatic heterocycles. The normalized spacial score (nSPS) is 10.5. The number of nitro benzene ring substituents is 1. The van der Waals surface area contributed by atoms with Crippen LogP contribution in [0.3, 0.4) is 0 Å². The number of hydrazone groups is 1. The standard InChI is InChI=1S/C15H14N4O5/c1-24-13-4-2-3-9(14(13)20)8-17-18-15(21)10-5-11(16)7-12(6-10)19(22)23/h2-8,20H,16H2,1H3,(H,18,21). The lowest BCUT2D eigenvalue weighted by molar-refractivity contribution is -0.384. The number of carbonyl (C=O) groups excluding carboxylic acids is 1. The summed E-state index contributed by atoms with van der Waals surface area (Å²) in [6, 6.07) is 8.30. The number of amides is 1. The number of non-ortho nitro benzene ring substituents is 1. The van der Waals surface area contributed by atoms with Gasteiger partial charge < -0.3 is 15.6 Å². The Morgan fingerprint density at radius 2 is 2.17 bits per heavy atom. The summed E-state index contributed by atoms with van der Waals surface area (Å²) < 4.78 is 4.95. The van der Waals surface area contributed by atoms with E-state index in [-0.39, 0.29) is 28.4 Å². The second-order valence-electron chi connectivity index (χ2n) is 4.67. The van der Waals surface area contributed by atoms with E-state index in [1.165, 1.54) is 19.4 Å². The summed E-state index contributed by atoms with van der Waals surface area (Å²) in [6.07, 6.45) is 1.22. The molecule has 0 saturated heterocycles. The topological polar surface area (TPSA) is 140 Å². The van der Waals surface area contributed by atoms with Gasteiger partial charge in [-0.15, -0.1) is 0 Å². The number of hydrogen-bond donors (Lipinski definition) is 3. The summed E-state index contributed by atoms with van der Waals surface area (Å²) in [7, 11) is 1.41. The smallest absolute Gasteiger partial charge is 0.272 e. The highest BCUT2D eigenvalue weighted by atomic mass is 16.6. The van der Waals surface area contributed by atoms with E-state index < -0.39 is 10.8 Å². The molecule has 2 rings (SSSR count). The first-order valence-corrected chi connectivity index (χ1v) is 6.66. The van der Waals surface area contributed by atoms with Crippen LogP contribution in [0.5, 0.6) is 11.5 Å². The largest absolute Gasteiger partial charge is 0.504 e. The van der Waals surface area contributed by atoms with Gasteiger partial charge in [-0.25, -0.2) is 5.43 Å². The zero-order chi connectivity index (χ0) is 17.7. The number of ether oxygens (including phenoxy) is 1. The van der Waals surface area contributed by atoms with Crippen molar-refractivity contribution < 1.29 is 19.6 Å². The summed E-state index contributed by atoms with van der Waals surface area (Å²) in [5.41, 5.74) is 7.85. The average molecular weight is 330 g/mol. The number of nitrogens with zero attached hydrogens (tertiary/aromatic N) is 2. The number of rotatable bonds is 5. The quantitative estimate of drug-likeness (QED) is 0.329. The van der Waals surface area contributed by atoms with Crippen molar-refractivity contribution in [3.63, 3.8) is 0 Å². The van der Waals surface area contributed by atoms with Crippen LogP contribution in [-0.2, 0) is 0 Å². The monoisotopic (exact) mass is 330 g/mol. The molecule has 2 aromatic rings. The zero-order valence-electron chi connectivity index (χ0n) is 12.6. The molecule has 9 heteroatoms. The molecule has 24 heavy (non-hydrogen) atoms. The number of phenolic OH excluding ortho intramolecular Hbond substituents is 1. The van der Waals surface area contributed by atoms with E-state index in [1.54, 1.807) is 18.2 Å². The van der Waals surface area contributed by atoms with Crippen molar-refractivity contribution in [1.82, 2.24) is 5.43 Å². The maximum atomic E-state index is 12.0. The van der Waals surface area contributed by atoms with Crippen LogP contribution in [-0.4, -0.2) is 29.3 Å². The zero-order valence-corrected chi connectivity index (χ0v) is 12.6. The van der Waals surface area contributed by atoms with Crippen molar-refractivity contribution in [2.75, 3.05) is 12.8 Å². The van der Waals surface area contributed by atoms with Crippen molar-refractivity contribution >= 4 is 23.5 Å². The molecule has 0 saturated carbocycles. The summed E-state index contributed by atoms with van der Waals surface area (Å²) >= 11 is 0. The molecule has 124 valence electrons. The van der Waals surface area contributed by atoms with Gasteiger partial charge >= 0.3 is 0 Å².